The third-order valence-electron chi connectivity index (χ3n) is 3.49. The van der Waals surface area contributed by atoms with Crippen molar-refractivity contribution in [3.05, 3.63) is 64.7 Å². The highest BCUT2D eigenvalue weighted by Crippen LogP contribution is 2.30. The number of hydrogen-bond acceptors (Lipinski definition) is 3. The number of rotatable bonds is 6. The number of nitrogens with one attached hydrogen (secondary N) is 1. The molecule has 4 nitrogen and oxygen atoms in total. The standard InChI is InChI=1S/C16H15ClF3NO3S/c1-24-15(13-4-2-3-5-14(13)17)10-21-25(22,23)12-8-6-11(7-9-12)16(18,19)20/h2-9,15,21H,10H2,1H3. The Labute approximate surface area is 148 Å². The predicted octanol–water partition coefficient (Wildman–Crippen LogP) is 4.02. The maximum absolute atomic E-state index is 12.5. The molecule has 136 valence electrons. The van der Waals surface area contributed by atoms with Crippen LogP contribution in [0.2, 0.25) is 5.02 Å². The average Bonchev–Trinajstić information content (AvgIpc) is 2.56. The van der Waals surface area contributed by atoms with E-state index in [9.17, 15) is 21.6 Å². The van der Waals surface area contributed by atoms with Crippen molar-refractivity contribution in [2.75, 3.05) is 13.7 Å². The number of sulfonamides is 1. The summed E-state index contributed by atoms with van der Waals surface area (Å²) >= 11 is 6.06. The lowest BCUT2D eigenvalue weighted by atomic mass is 10.1. The van der Waals surface area contributed by atoms with Crippen LogP contribution in [0.5, 0.6) is 0 Å². The van der Waals surface area contributed by atoms with Gasteiger partial charge in [-0.05, 0) is 30.3 Å². The van der Waals surface area contributed by atoms with E-state index in [-0.39, 0.29) is 11.4 Å². The van der Waals surface area contributed by atoms with Gasteiger partial charge in [-0.15, -0.1) is 0 Å². The lowest BCUT2D eigenvalue weighted by Crippen LogP contribution is -2.29. The molecule has 0 amide bonds. The Bertz CT molecular complexity index is 823. The number of hydrogen-bond donors (Lipinski definition) is 1. The second-order valence-electron chi connectivity index (χ2n) is 5.12. The summed E-state index contributed by atoms with van der Waals surface area (Å²) in [6.45, 7) is -0.121. The quantitative estimate of drug-likeness (QED) is 0.806. The van der Waals surface area contributed by atoms with Crippen LogP contribution >= 0.6 is 11.6 Å². The van der Waals surface area contributed by atoms with Gasteiger partial charge in [-0.3, -0.25) is 0 Å². The summed E-state index contributed by atoms with van der Waals surface area (Å²) < 4.78 is 69.7. The summed E-state index contributed by atoms with van der Waals surface area (Å²) in [6, 6.07) is 10.1. The zero-order valence-electron chi connectivity index (χ0n) is 13.0. The van der Waals surface area contributed by atoms with E-state index in [2.05, 4.69) is 4.72 Å². The van der Waals surface area contributed by atoms with Gasteiger partial charge in [-0.1, -0.05) is 29.8 Å². The topological polar surface area (TPSA) is 55.4 Å². The van der Waals surface area contributed by atoms with Crippen LogP contribution in [0.3, 0.4) is 0 Å². The molecule has 0 saturated heterocycles. The summed E-state index contributed by atoms with van der Waals surface area (Å²) in [7, 11) is -2.59. The molecule has 0 aliphatic rings. The van der Waals surface area contributed by atoms with Crippen molar-refractivity contribution >= 4 is 21.6 Å². The molecule has 1 unspecified atom stereocenters. The van der Waals surface area contributed by atoms with Crippen LogP contribution in [0.4, 0.5) is 13.2 Å². The summed E-state index contributed by atoms with van der Waals surface area (Å²) in [5, 5.41) is 0.420. The highest BCUT2D eigenvalue weighted by Gasteiger charge is 2.30. The fraction of sp³-hybridized carbons (Fsp3) is 0.250. The van der Waals surface area contributed by atoms with Crippen LogP contribution in [-0.2, 0) is 20.9 Å². The Kier molecular flexibility index (Phi) is 6.10. The second-order valence-corrected chi connectivity index (χ2v) is 7.29. The molecule has 0 fully saturated rings. The Hall–Kier alpha value is -1.61. The fourth-order valence-corrected chi connectivity index (χ4v) is 3.44. The molecule has 0 saturated carbocycles. The average molecular weight is 394 g/mol. The van der Waals surface area contributed by atoms with Gasteiger partial charge in [-0.2, -0.15) is 13.2 Å². The van der Waals surface area contributed by atoms with Gasteiger partial charge in [0.25, 0.3) is 0 Å². The van der Waals surface area contributed by atoms with Gasteiger partial charge in [0.15, 0.2) is 0 Å². The van der Waals surface area contributed by atoms with Gasteiger partial charge in [0, 0.05) is 24.2 Å². The molecule has 0 bridgehead atoms. The molecule has 2 aromatic carbocycles. The van der Waals surface area contributed by atoms with Gasteiger partial charge in [0.2, 0.25) is 10.0 Å². The van der Waals surface area contributed by atoms with Crippen molar-refractivity contribution in [1.82, 2.24) is 4.72 Å². The summed E-state index contributed by atoms with van der Waals surface area (Å²) in [5.74, 6) is 0. The summed E-state index contributed by atoms with van der Waals surface area (Å²) in [4.78, 5) is -0.269. The molecule has 25 heavy (non-hydrogen) atoms. The minimum absolute atomic E-state index is 0.121. The molecule has 1 atom stereocenters. The van der Waals surface area contributed by atoms with Crippen LogP contribution in [0, 0.1) is 0 Å². The zero-order chi connectivity index (χ0) is 18.7. The van der Waals surface area contributed by atoms with Crippen molar-refractivity contribution in [2.45, 2.75) is 17.2 Å². The normalized spacial score (nSPS) is 13.6. The monoisotopic (exact) mass is 393 g/mol. The summed E-state index contributed by atoms with van der Waals surface area (Å²) in [6.07, 6.45) is -5.17. The minimum Gasteiger partial charge on any atom is -0.375 e. The van der Waals surface area contributed by atoms with Crippen LogP contribution < -0.4 is 4.72 Å². The number of methoxy groups -OCH3 is 1. The predicted molar refractivity (Wildman–Crippen MR) is 87.8 cm³/mol. The van der Waals surface area contributed by atoms with Crippen LogP contribution in [0.15, 0.2) is 53.4 Å². The van der Waals surface area contributed by atoms with Crippen molar-refractivity contribution in [3.8, 4) is 0 Å². The molecule has 0 radical (unpaired) electrons. The van der Waals surface area contributed by atoms with Crippen LogP contribution in [0.1, 0.15) is 17.2 Å². The first kappa shape index (κ1) is 19.7. The first-order valence-corrected chi connectivity index (χ1v) is 8.95. The van der Waals surface area contributed by atoms with E-state index in [4.69, 9.17) is 16.3 Å². The van der Waals surface area contributed by atoms with Gasteiger partial charge in [-0.25, -0.2) is 13.1 Å². The molecule has 2 rings (SSSR count). The van der Waals surface area contributed by atoms with Gasteiger partial charge in [0.05, 0.1) is 16.6 Å². The summed E-state index contributed by atoms with van der Waals surface area (Å²) in [5.41, 5.74) is -0.320. The van der Waals surface area contributed by atoms with Gasteiger partial charge >= 0.3 is 6.18 Å². The molecule has 0 spiro atoms. The Balaban J connectivity index is 2.14. The highest BCUT2D eigenvalue weighted by atomic mass is 35.5. The molecule has 9 heteroatoms. The first-order valence-electron chi connectivity index (χ1n) is 7.09. The lowest BCUT2D eigenvalue weighted by molar-refractivity contribution is -0.137. The van der Waals surface area contributed by atoms with E-state index < -0.39 is 27.9 Å². The third kappa shape index (κ3) is 4.94. The van der Waals surface area contributed by atoms with E-state index >= 15 is 0 Å². The number of benzene rings is 2. The van der Waals surface area contributed by atoms with Crippen molar-refractivity contribution in [3.63, 3.8) is 0 Å². The van der Waals surface area contributed by atoms with Crippen molar-refractivity contribution < 1.29 is 26.3 Å². The molecular formula is C16H15ClF3NO3S. The van der Waals surface area contributed by atoms with Gasteiger partial charge < -0.3 is 4.74 Å². The molecular weight excluding hydrogens is 379 g/mol. The lowest BCUT2D eigenvalue weighted by Gasteiger charge is -2.18. The second kappa shape index (κ2) is 7.74. The van der Waals surface area contributed by atoms with E-state index in [0.29, 0.717) is 10.6 Å². The Morgan fingerprint density at radius 1 is 1.12 bits per heavy atom. The smallest absolute Gasteiger partial charge is 0.375 e. The molecule has 0 aromatic heterocycles. The van der Waals surface area contributed by atoms with E-state index in [0.717, 1.165) is 24.3 Å². The highest BCUT2D eigenvalue weighted by molar-refractivity contribution is 7.89. The zero-order valence-corrected chi connectivity index (χ0v) is 14.6. The molecule has 0 aliphatic carbocycles. The van der Waals surface area contributed by atoms with E-state index in [1.165, 1.54) is 7.11 Å². The number of ether oxygens (including phenoxy) is 1. The Morgan fingerprint density at radius 2 is 1.72 bits per heavy atom. The number of alkyl halides is 3. The molecule has 1 N–H and O–H groups in total. The number of halogens is 4. The van der Waals surface area contributed by atoms with Crippen molar-refractivity contribution in [2.24, 2.45) is 0 Å². The Morgan fingerprint density at radius 3 is 2.24 bits per heavy atom. The molecule has 0 heterocycles. The maximum atomic E-state index is 12.5. The van der Waals surface area contributed by atoms with Crippen LogP contribution in [0.25, 0.3) is 0 Å². The minimum atomic E-state index is -4.53. The van der Waals surface area contributed by atoms with E-state index in [1.54, 1.807) is 24.3 Å². The maximum Gasteiger partial charge on any atom is 0.416 e. The van der Waals surface area contributed by atoms with Crippen molar-refractivity contribution in [1.29, 1.82) is 0 Å². The van der Waals surface area contributed by atoms with Crippen LogP contribution in [-0.4, -0.2) is 22.1 Å². The first-order chi connectivity index (χ1) is 11.6. The SMILES string of the molecule is COC(CNS(=O)(=O)c1ccc(C(F)(F)F)cc1)c1ccccc1Cl. The van der Waals surface area contributed by atoms with E-state index in [1.807, 2.05) is 0 Å². The third-order valence-corrected chi connectivity index (χ3v) is 5.27. The molecule has 2 aromatic rings. The fourth-order valence-electron chi connectivity index (χ4n) is 2.15. The van der Waals surface area contributed by atoms with Gasteiger partial charge in [0.1, 0.15) is 0 Å². The molecule has 0 aliphatic heterocycles. The largest absolute Gasteiger partial charge is 0.416 e.